The molecule has 0 spiro atoms. The number of aromatic nitrogens is 4. The van der Waals surface area contributed by atoms with E-state index >= 15 is 0 Å². The van der Waals surface area contributed by atoms with Crippen LogP contribution in [-0.2, 0) is 11.3 Å². The number of ether oxygens (including phenoxy) is 1. The van der Waals surface area contributed by atoms with Crippen molar-refractivity contribution in [1.82, 2.24) is 25.1 Å². The summed E-state index contributed by atoms with van der Waals surface area (Å²) in [6, 6.07) is 9.22. The second-order valence-corrected chi connectivity index (χ2v) is 7.55. The summed E-state index contributed by atoms with van der Waals surface area (Å²) in [5.74, 6) is 1.09. The largest absolute Gasteiger partial charge is 0.378 e. The molecule has 4 rings (SSSR count). The third-order valence-corrected chi connectivity index (χ3v) is 5.18. The summed E-state index contributed by atoms with van der Waals surface area (Å²) in [6.07, 6.45) is 1.75. The van der Waals surface area contributed by atoms with E-state index in [2.05, 4.69) is 25.3 Å². The molecule has 0 unspecified atom stereocenters. The molecule has 156 valence electrons. The van der Waals surface area contributed by atoms with E-state index in [0.717, 1.165) is 35.9 Å². The number of amides is 1. The third kappa shape index (κ3) is 4.44. The highest BCUT2D eigenvalue weighted by Crippen LogP contribution is 2.18. The van der Waals surface area contributed by atoms with Gasteiger partial charge in [0.2, 0.25) is 0 Å². The Morgan fingerprint density at radius 1 is 1.17 bits per heavy atom. The first kappa shape index (κ1) is 20.3. The average molecular weight is 427 g/mol. The number of anilines is 1. The standard InChI is InChI=1S/C21H23ClN6O2/c1-14-11-15(2)28(26-14)18-4-3-17(22)20(25-18)21(29)24-13-16-5-6-23-19(12-16)27-7-9-30-10-8-27/h3-6,11-12H,7-10,13H2,1-2H3,(H,24,29). The number of carbonyl (C=O) groups is 1. The zero-order chi connectivity index (χ0) is 21.1. The Bertz CT molecular complexity index is 1060. The van der Waals surface area contributed by atoms with Gasteiger partial charge in [0.25, 0.3) is 5.91 Å². The van der Waals surface area contributed by atoms with Gasteiger partial charge in [0.1, 0.15) is 11.5 Å². The van der Waals surface area contributed by atoms with Crippen molar-refractivity contribution in [2.24, 2.45) is 0 Å². The number of aryl methyl sites for hydroxylation is 2. The quantitative estimate of drug-likeness (QED) is 0.675. The van der Waals surface area contributed by atoms with E-state index < -0.39 is 0 Å². The number of hydrogen-bond acceptors (Lipinski definition) is 6. The van der Waals surface area contributed by atoms with Crippen molar-refractivity contribution < 1.29 is 9.53 Å². The van der Waals surface area contributed by atoms with Crippen LogP contribution in [0, 0.1) is 13.8 Å². The second kappa shape index (κ2) is 8.81. The van der Waals surface area contributed by atoms with E-state index in [9.17, 15) is 4.79 Å². The van der Waals surface area contributed by atoms with Crippen LogP contribution in [0.25, 0.3) is 5.82 Å². The summed E-state index contributed by atoms with van der Waals surface area (Å²) >= 11 is 6.25. The molecule has 0 bridgehead atoms. The number of carbonyl (C=O) groups excluding carboxylic acids is 1. The lowest BCUT2D eigenvalue weighted by molar-refractivity contribution is 0.0946. The van der Waals surface area contributed by atoms with Crippen molar-refractivity contribution in [2.75, 3.05) is 31.2 Å². The Morgan fingerprint density at radius 3 is 2.70 bits per heavy atom. The Balaban J connectivity index is 1.48. The first-order valence-electron chi connectivity index (χ1n) is 9.77. The highest BCUT2D eigenvalue weighted by Gasteiger charge is 2.16. The van der Waals surface area contributed by atoms with Crippen molar-refractivity contribution >= 4 is 23.3 Å². The minimum Gasteiger partial charge on any atom is -0.378 e. The van der Waals surface area contributed by atoms with E-state index in [1.807, 2.05) is 32.0 Å². The van der Waals surface area contributed by atoms with Crippen LogP contribution in [0.1, 0.15) is 27.4 Å². The van der Waals surface area contributed by atoms with Crippen molar-refractivity contribution in [3.05, 3.63) is 64.2 Å². The van der Waals surface area contributed by atoms with E-state index in [-0.39, 0.29) is 11.6 Å². The molecule has 1 N–H and O–H groups in total. The zero-order valence-corrected chi connectivity index (χ0v) is 17.7. The SMILES string of the molecule is Cc1cc(C)n(-c2ccc(Cl)c(C(=O)NCc3ccnc(N4CCOCC4)c3)n2)n1. The maximum atomic E-state index is 12.8. The van der Waals surface area contributed by atoms with Gasteiger partial charge < -0.3 is 15.0 Å². The minimum absolute atomic E-state index is 0.171. The summed E-state index contributed by atoms with van der Waals surface area (Å²) in [5.41, 5.74) is 2.93. The predicted octanol–water partition coefficient (Wildman–Crippen LogP) is 2.70. The molecule has 9 heteroatoms. The number of pyridine rings is 2. The fourth-order valence-electron chi connectivity index (χ4n) is 3.37. The summed E-state index contributed by atoms with van der Waals surface area (Å²) in [7, 11) is 0. The van der Waals surface area contributed by atoms with Gasteiger partial charge in [-0.2, -0.15) is 5.10 Å². The molecular formula is C21H23ClN6O2. The lowest BCUT2D eigenvalue weighted by Gasteiger charge is -2.28. The summed E-state index contributed by atoms with van der Waals surface area (Å²) < 4.78 is 7.08. The van der Waals surface area contributed by atoms with E-state index in [4.69, 9.17) is 16.3 Å². The number of morpholine rings is 1. The topological polar surface area (TPSA) is 85.2 Å². The van der Waals surface area contributed by atoms with Crippen LogP contribution in [0.4, 0.5) is 5.82 Å². The lowest BCUT2D eigenvalue weighted by Crippen LogP contribution is -2.36. The first-order valence-corrected chi connectivity index (χ1v) is 10.1. The van der Waals surface area contributed by atoms with Crippen molar-refractivity contribution in [2.45, 2.75) is 20.4 Å². The van der Waals surface area contributed by atoms with Gasteiger partial charge in [-0.15, -0.1) is 0 Å². The van der Waals surface area contributed by atoms with Crippen LogP contribution in [-0.4, -0.2) is 52.0 Å². The Labute approximate surface area is 179 Å². The van der Waals surface area contributed by atoms with Gasteiger partial charge in [-0.05, 0) is 49.7 Å². The molecule has 1 aliphatic heterocycles. The number of hydrogen-bond donors (Lipinski definition) is 1. The Morgan fingerprint density at radius 2 is 1.97 bits per heavy atom. The molecule has 8 nitrogen and oxygen atoms in total. The molecule has 3 aromatic rings. The summed E-state index contributed by atoms with van der Waals surface area (Å²) in [6.45, 7) is 7.19. The maximum Gasteiger partial charge on any atom is 0.271 e. The number of nitrogens with one attached hydrogen (secondary N) is 1. The molecule has 1 fully saturated rings. The monoisotopic (exact) mass is 426 g/mol. The normalized spacial score (nSPS) is 14.0. The first-order chi connectivity index (χ1) is 14.5. The number of nitrogens with zero attached hydrogens (tertiary/aromatic N) is 5. The molecular weight excluding hydrogens is 404 g/mol. The fourth-order valence-corrected chi connectivity index (χ4v) is 3.56. The fraction of sp³-hybridized carbons (Fsp3) is 0.333. The van der Waals surface area contributed by atoms with Crippen LogP contribution < -0.4 is 10.2 Å². The molecule has 1 aliphatic rings. The molecule has 0 radical (unpaired) electrons. The van der Waals surface area contributed by atoms with E-state index in [0.29, 0.717) is 30.6 Å². The summed E-state index contributed by atoms with van der Waals surface area (Å²) in [5, 5.41) is 7.61. The van der Waals surface area contributed by atoms with Crippen LogP contribution in [0.2, 0.25) is 5.02 Å². The van der Waals surface area contributed by atoms with Crippen LogP contribution in [0.15, 0.2) is 36.5 Å². The molecule has 0 saturated carbocycles. The molecule has 4 heterocycles. The average Bonchev–Trinajstić information content (AvgIpc) is 3.11. The number of rotatable bonds is 5. The smallest absolute Gasteiger partial charge is 0.271 e. The highest BCUT2D eigenvalue weighted by atomic mass is 35.5. The van der Waals surface area contributed by atoms with Crippen LogP contribution in [0.3, 0.4) is 0 Å². The van der Waals surface area contributed by atoms with Crippen molar-refractivity contribution in [3.63, 3.8) is 0 Å². The van der Waals surface area contributed by atoms with Crippen molar-refractivity contribution in [3.8, 4) is 5.82 Å². The van der Waals surface area contributed by atoms with Crippen LogP contribution >= 0.6 is 11.6 Å². The molecule has 0 atom stereocenters. The molecule has 0 aromatic carbocycles. The van der Waals surface area contributed by atoms with Gasteiger partial charge in [0, 0.05) is 31.5 Å². The Hall–Kier alpha value is -2.97. The van der Waals surface area contributed by atoms with Gasteiger partial charge >= 0.3 is 0 Å². The molecule has 1 saturated heterocycles. The predicted molar refractivity (Wildman–Crippen MR) is 114 cm³/mol. The molecule has 30 heavy (non-hydrogen) atoms. The summed E-state index contributed by atoms with van der Waals surface area (Å²) in [4.78, 5) is 23.8. The third-order valence-electron chi connectivity index (χ3n) is 4.87. The van der Waals surface area contributed by atoms with E-state index in [1.54, 1.807) is 23.0 Å². The Kier molecular flexibility index (Phi) is 5.96. The minimum atomic E-state index is -0.340. The van der Waals surface area contributed by atoms with Gasteiger partial charge in [0.05, 0.1) is 23.9 Å². The molecule has 3 aromatic heterocycles. The molecule has 0 aliphatic carbocycles. The maximum absolute atomic E-state index is 12.8. The van der Waals surface area contributed by atoms with Gasteiger partial charge in [-0.1, -0.05) is 11.6 Å². The van der Waals surface area contributed by atoms with Gasteiger partial charge in [0.15, 0.2) is 5.82 Å². The van der Waals surface area contributed by atoms with Crippen LogP contribution in [0.5, 0.6) is 0 Å². The van der Waals surface area contributed by atoms with Gasteiger partial charge in [-0.3, -0.25) is 4.79 Å². The second-order valence-electron chi connectivity index (χ2n) is 7.14. The zero-order valence-electron chi connectivity index (χ0n) is 16.9. The van der Waals surface area contributed by atoms with E-state index in [1.165, 1.54) is 0 Å². The number of halogens is 1. The lowest BCUT2D eigenvalue weighted by atomic mass is 10.2. The molecule has 1 amide bonds. The highest BCUT2D eigenvalue weighted by molar-refractivity contribution is 6.33. The van der Waals surface area contributed by atoms with Gasteiger partial charge in [-0.25, -0.2) is 14.6 Å². The van der Waals surface area contributed by atoms with Crippen molar-refractivity contribution in [1.29, 1.82) is 0 Å².